The molecule has 0 spiro atoms. The molecule has 0 aromatic rings. The molecule has 0 radical (unpaired) electrons. The van der Waals surface area contributed by atoms with Gasteiger partial charge in [-0.25, -0.2) is 4.79 Å². The van der Waals surface area contributed by atoms with Crippen LogP contribution < -0.4 is 5.32 Å². The molecule has 1 heterocycles. The number of carbonyl (C=O) groups excluding carboxylic acids is 3. The number of alkyl carbamates (subject to hydrolysis) is 1. The van der Waals surface area contributed by atoms with Crippen LogP contribution in [0.3, 0.4) is 0 Å². The summed E-state index contributed by atoms with van der Waals surface area (Å²) in [4.78, 5) is 38.0. The predicted octanol–water partition coefficient (Wildman–Crippen LogP) is 1.67. The van der Waals surface area contributed by atoms with E-state index in [1.165, 1.54) is 4.90 Å². The van der Waals surface area contributed by atoms with E-state index in [4.69, 9.17) is 4.74 Å². The molecule has 1 N–H and O–H groups in total. The van der Waals surface area contributed by atoms with Crippen LogP contribution in [0.5, 0.6) is 0 Å². The number of unbranched alkanes of at least 4 members (excludes halogenated alkanes) is 1. The molecule has 0 aromatic carbocycles. The van der Waals surface area contributed by atoms with Gasteiger partial charge in [0.05, 0.1) is 18.4 Å². The van der Waals surface area contributed by atoms with Crippen molar-refractivity contribution in [1.29, 1.82) is 0 Å². The number of fused-ring (bicyclic) bond motifs is 5. The van der Waals surface area contributed by atoms with Gasteiger partial charge in [0, 0.05) is 0 Å². The average molecular weight is 306 g/mol. The van der Waals surface area contributed by atoms with Crippen LogP contribution in [-0.4, -0.2) is 35.6 Å². The van der Waals surface area contributed by atoms with Gasteiger partial charge in [0.25, 0.3) is 0 Å². The molecule has 3 amide bonds. The number of carbonyl (C=O) groups is 3. The highest BCUT2D eigenvalue weighted by Gasteiger charge is 2.60. The first-order chi connectivity index (χ1) is 10.5. The number of likely N-dealkylation sites (tertiary alicyclic amines) is 1. The fraction of sp³-hybridized carbons (Fsp3) is 0.688. The first-order valence-corrected chi connectivity index (χ1v) is 8.03. The monoisotopic (exact) mass is 306 g/mol. The van der Waals surface area contributed by atoms with Crippen molar-refractivity contribution in [2.75, 3.05) is 6.61 Å². The fourth-order valence-corrected chi connectivity index (χ4v) is 3.89. The summed E-state index contributed by atoms with van der Waals surface area (Å²) in [7, 11) is 0. The highest BCUT2D eigenvalue weighted by atomic mass is 16.5. The van der Waals surface area contributed by atoms with Gasteiger partial charge in [-0.1, -0.05) is 25.5 Å². The van der Waals surface area contributed by atoms with Crippen LogP contribution in [-0.2, 0) is 14.3 Å². The van der Waals surface area contributed by atoms with E-state index in [9.17, 15) is 14.4 Å². The summed E-state index contributed by atoms with van der Waals surface area (Å²) in [5, 5.41) is 2.58. The summed E-state index contributed by atoms with van der Waals surface area (Å²) in [5.41, 5.74) is 0. The number of rotatable bonds is 5. The summed E-state index contributed by atoms with van der Waals surface area (Å²) in [6.45, 7) is 4.00. The van der Waals surface area contributed by atoms with Gasteiger partial charge in [0.2, 0.25) is 11.8 Å². The smallest absolute Gasteiger partial charge is 0.408 e. The molecular weight excluding hydrogens is 284 g/mol. The maximum atomic E-state index is 12.5. The molecule has 3 rings (SSSR count). The predicted molar refractivity (Wildman–Crippen MR) is 78.4 cm³/mol. The molecule has 1 saturated heterocycles. The Morgan fingerprint density at radius 3 is 2.45 bits per heavy atom. The van der Waals surface area contributed by atoms with E-state index in [0.29, 0.717) is 6.61 Å². The Balaban J connectivity index is 1.62. The minimum absolute atomic E-state index is 0.159. The number of allylic oxidation sites excluding steroid dienone is 2. The Morgan fingerprint density at radius 1 is 1.32 bits per heavy atom. The number of amides is 3. The van der Waals surface area contributed by atoms with E-state index >= 15 is 0 Å². The number of ether oxygens (including phenoxy) is 1. The van der Waals surface area contributed by atoms with Crippen LogP contribution in [0, 0.1) is 23.7 Å². The maximum Gasteiger partial charge on any atom is 0.408 e. The van der Waals surface area contributed by atoms with Gasteiger partial charge in [0.1, 0.15) is 6.17 Å². The van der Waals surface area contributed by atoms with Gasteiger partial charge >= 0.3 is 6.09 Å². The highest BCUT2D eigenvalue weighted by molar-refractivity contribution is 6.06. The third-order valence-corrected chi connectivity index (χ3v) is 4.95. The van der Waals surface area contributed by atoms with Crippen molar-refractivity contribution in [3.63, 3.8) is 0 Å². The Kier molecular flexibility index (Phi) is 3.93. The summed E-state index contributed by atoms with van der Waals surface area (Å²) in [6, 6.07) is 0. The van der Waals surface area contributed by atoms with E-state index in [0.717, 1.165) is 19.3 Å². The minimum atomic E-state index is -0.667. The van der Waals surface area contributed by atoms with E-state index in [2.05, 4.69) is 17.5 Å². The molecule has 0 aromatic heterocycles. The van der Waals surface area contributed by atoms with Crippen LogP contribution in [0.4, 0.5) is 4.79 Å². The second-order valence-corrected chi connectivity index (χ2v) is 6.36. The van der Waals surface area contributed by atoms with Crippen molar-refractivity contribution in [1.82, 2.24) is 10.2 Å². The number of nitrogens with zero attached hydrogens (tertiary/aromatic N) is 1. The Hall–Kier alpha value is -1.85. The van der Waals surface area contributed by atoms with E-state index in [1.54, 1.807) is 6.92 Å². The summed E-state index contributed by atoms with van der Waals surface area (Å²) in [6.07, 6.45) is 5.49. The largest absolute Gasteiger partial charge is 0.450 e. The van der Waals surface area contributed by atoms with Gasteiger partial charge in [-0.2, -0.15) is 0 Å². The minimum Gasteiger partial charge on any atom is -0.450 e. The molecule has 2 fully saturated rings. The third kappa shape index (κ3) is 2.30. The van der Waals surface area contributed by atoms with Crippen molar-refractivity contribution >= 4 is 17.9 Å². The molecular formula is C16H22N2O4. The average Bonchev–Trinajstić information content (AvgIpc) is 3.13. The molecule has 3 aliphatic rings. The van der Waals surface area contributed by atoms with Gasteiger partial charge < -0.3 is 10.1 Å². The molecule has 6 nitrogen and oxygen atoms in total. The van der Waals surface area contributed by atoms with E-state index in [-0.39, 0.29) is 35.5 Å². The second-order valence-electron chi connectivity index (χ2n) is 6.36. The van der Waals surface area contributed by atoms with Crippen LogP contribution >= 0.6 is 0 Å². The zero-order chi connectivity index (χ0) is 15.9. The van der Waals surface area contributed by atoms with Crippen LogP contribution in [0.15, 0.2) is 12.2 Å². The quantitative estimate of drug-likeness (QED) is 0.476. The number of hydrogen-bond acceptors (Lipinski definition) is 4. The molecule has 5 atom stereocenters. The van der Waals surface area contributed by atoms with Crippen molar-refractivity contribution < 1.29 is 19.1 Å². The lowest BCUT2D eigenvalue weighted by Gasteiger charge is -2.25. The van der Waals surface area contributed by atoms with Crippen LogP contribution in [0.1, 0.15) is 33.1 Å². The number of hydrogen-bond donors (Lipinski definition) is 1. The van der Waals surface area contributed by atoms with Crippen molar-refractivity contribution in [2.45, 2.75) is 39.3 Å². The first-order valence-electron chi connectivity index (χ1n) is 8.03. The maximum absolute atomic E-state index is 12.5. The Bertz CT molecular complexity index is 500. The molecule has 120 valence electrons. The molecule has 2 bridgehead atoms. The van der Waals surface area contributed by atoms with Gasteiger partial charge in [-0.15, -0.1) is 0 Å². The van der Waals surface area contributed by atoms with Crippen molar-refractivity contribution in [3.05, 3.63) is 12.2 Å². The Labute approximate surface area is 129 Å². The molecule has 1 saturated carbocycles. The van der Waals surface area contributed by atoms with Crippen LogP contribution in [0.25, 0.3) is 0 Å². The fourth-order valence-electron chi connectivity index (χ4n) is 3.89. The van der Waals surface area contributed by atoms with E-state index < -0.39 is 12.3 Å². The van der Waals surface area contributed by atoms with Gasteiger partial charge in [0.15, 0.2) is 0 Å². The summed E-state index contributed by atoms with van der Waals surface area (Å²) >= 11 is 0. The lowest BCUT2D eigenvalue weighted by atomic mass is 9.85. The van der Waals surface area contributed by atoms with Crippen LogP contribution in [0.2, 0.25) is 0 Å². The van der Waals surface area contributed by atoms with Crippen molar-refractivity contribution in [3.8, 4) is 0 Å². The molecule has 22 heavy (non-hydrogen) atoms. The topological polar surface area (TPSA) is 75.7 Å². The lowest BCUT2D eigenvalue weighted by Crippen LogP contribution is -2.50. The van der Waals surface area contributed by atoms with Gasteiger partial charge in [-0.3, -0.25) is 14.5 Å². The van der Waals surface area contributed by atoms with Crippen molar-refractivity contribution in [2.24, 2.45) is 23.7 Å². The lowest BCUT2D eigenvalue weighted by molar-refractivity contribution is -0.143. The third-order valence-electron chi connectivity index (χ3n) is 4.95. The van der Waals surface area contributed by atoms with E-state index in [1.807, 2.05) is 6.92 Å². The van der Waals surface area contributed by atoms with Gasteiger partial charge in [-0.05, 0) is 31.6 Å². The molecule has 2 aliphatic carbocycles. The zero-order valence-electron chi connectivity index (χ0n) is 13.0. The summed E-state index contributed by atoms with van der Waals surface area (Å²) < 4.78 is 5.02. The molecule has 1 aliphatic heterocycles. The number of imide groups is 1. The standard InChI is InChI=1S/C16H22N2O4/c1-3-4-7-22-16(21)17-9(2)18-14(19)12-10-5-6-11(8-10)13(12)15(18)20/h5-6,9-13H,3-4,7-8H2,1-2H3,(H,17,21)/t9-,10-,11-,12-,13-/m0/s1. The number of nitrogens with one attached hydrogen (secondary N) is 1. The summed E-state index contributed by atoms with van der Waals surface area (Å²) in [5.74, 6) is -0.424. The second kappa shape index (κ2) is 5.74. The molecule has 6 heteroatoms. The molecule has 0 unspecified atom stereocenters. The zero-order valence-corrected chi connectivity index (χ0v) is 13.0. The Morgan fingerprint density at radius 2 is 1.91 bits per heavy atom. The SMILES string of the molecule is CCCCOC(=O)N[C@H](C)N1C(=O)[C@@H]2[C@@H](C1=O)[C@H]1C=C[C@H]2C1. The first kappa shape index (κ1) is 15.1. The highest BCUT2D eigenvalue weighted by Crippen LogP contribution is 2.52. The normalized spacial score (nSPS) is 33.3.